The maximum Gasteiger partial charge on any atom is 0.387 e. The molecule has 0 radical (unpaired) electrons. The van der Waals surface area contributed by atoms with Crippen LogP contribution in [-0.4, -0.2) is 73.2 Å². The van der Waals surface area contributed by atoms with Gasteiger partial charge in [0.05, 0.1) is 24.7 Å². The number of ether oxygens (including phenoxy) is 2. The molecule has 1 atom stereocenters. The standard InChI is InChI=1S/C21H25F2N3O6S/c1-31-18-10-13(2-6-17(18)32-21(22)23)11-25(14-3-4-14)20(28)16-5-7-19(27)26(24-16)15-8-9-33(29,30)12-15/h2,6,10,14-15,21H,3-5,7-9,11-12H2,1H3. The van der Waals surface area contributed by atoms with Crippen LogP contribution in [0.1, 0.15) is 37.7 Å². The molecule has 2 aliphatic heterocycles. The number of sulfone groups is 1. The molecule has 33 heavy (non-hydrogen) atoms. The fraction of sp³-hybridized carbons (Fsp3) is 0.571. The molecule has 3 aliphatic rings. The van der Waals surface area contributed by atoms with E-state index >= 15 is 0 Å². The van der Waals surface area contributed by atoms with Crippen molar-refractivity contribution in [2.45, 2.75) is 57.3 Å². The summed E-state index contributed by atoms with van der Waals surface area (Å²) in [6, 6.07) is 3.97. The molecule has 2 fully saturated rings. The Hall–Kier alpha value is -2.76. The minimum absolute atomic E-state index is 0.00153. The number of nitrogens with zero attached hydrogens (tertiary/aromatic N) is 3. The zero-order valence-electron chi connectivity index (χ0n) is 18.1. The number of carbonyl (C=O) groups is 2. The number of benzene rings is 1. The third-order valence-electron chi connectivity index (χ3n) is 5.91. The predicted molar refractivity (Wildman–Crippen MR) is 114 cm³/mol. The molecule has 4 rings (SSSR count). The summed E-state index contributed by atoms with van der Waals surface area (Å²) in [7, 11) is -1.87. The van der Waals surface area contributed by atoms with Crippen LogP contribution in [-0.2, 0) is 26.0 Å². The van der Waals surface area contributed by atoms with Crippen LogP contribution in [0.15, 0.2) is 23.3 Å². The van der Waals surface area contributed by atoms with Crippen molar-refractivity contribution in [2.75, 3.05) is 18.6 Å². The van der Waals surface area contributed by atoms with Crippen molar-refractivity contribution >= 4 is 27.4 Å². The lowest BCUT2D eigenvalue weighted by molar-refractivity contribution is -0.134. The fourth-order valence-electron chi connectivity index (χ4n) is 4.10. The molecular formula is C21H25F2N3O6S. The average molecular weight is 486 g/mol. The molecule has 0 aromatic heterocycles. The van der Waals surface area contributed by atoms with Gasteiger partial charge in [-0.05, 0) is 37.0 Å². The smallest absolute Gasteiger partial charge is 0.387 e. The van der Waals surface area contributed by atoms with Gasteiger partial charge in [-0.1, -0.05) is 6.07 Å². The Balaban J connectivity index is 1.53. The van der Waals surface area contributed by atoms with Crippen LogP contribution in [0.4, 0.5) is 8.78 Å². The third-order valence-corrected chi connectivity index (χ3v) is 7.66. The van der Waals surface area contributed by atoms with E-state index in [1.165, 1.54) is 18.2 Å². The molecule has 180 valence electrons. The van der Waals surface area contributed by atoms with Crippen LogP contribution >= 0.6 is 0 Å². The van der Waals surface area contributed by atoms with Crippen LogP contribution in [0, 0.1) is 0 Å². The molecule has 2 amide bonds. The summed E-state index contributed by atoms with van der Waals surface area (Å²) in [6.07, 6.45) is 2.23. The number of alkyl halides is 2. The molecule has 12 heteroatoms. The molecule has 0 bridgehead atoms. The van der Waals surface area contributed by atoms with Gasteiger partial charge in [0, 0.05) is 25.4 Å². The Labute approximate surface area is 190 Å². The number of hydrazone groups is 1. The van der Waals surface area contributed by atoms with Crippen LogP contribution in [0.25, 0.3) is 0 Å². The molecule has 1 saturated carbocycles. The Bertz CT molecular complexity index is 1070. The monoisotopic (exact) mass is 485 g/mol. The second kappa shape index (κ2) is 9.24. The molecule has 1 aromatic carbocycles. The highest BCUT2D eigenvalue weighted by atomic mass is 32.2. The number of halogens is 2. The minimum atomic E-state index is -3.21. The van der Waals surface area contributed by atoms with E-state index in [2.05, 4.69) is 9.84 Å². The number of carbonyl (C=O) groups excluding carboxylic acids is 2. The summed E-state index contributed by atoms with van der Waals surface area (Å²) >= 11 is 0. The quantitative estimate of drug-likeness (QED) is 0.557. The highest BCUT2D eigenvalue weighted by Gasteiger charge is 2.40. The normalized spacial score (nSPS) is 22.3. The first kappa shape index (κ1) is 23.4. The van der Waals surface area contributed by atoms with Gasteiger partial charge in [-0.15, -0.1) is 0 Å². The number of hydrogen-bond acceptors (Lipinski definition) is 7. The maximum absolute atomic E-state index is 13.3. The van der Waals surface area contributed by atoms with Crippen molar-refractivity contribution in [3.63, 3.8) is 0 Å². The van der Waals surface area contributed by atoms with E-state index in [1.807, 2.05) is 0 Å². The first-order chi connectivity index (χ1) is 15.7. The van der Waals surface area contributed by atoms with Crippen molar-refractivity contribution in [1.29, 1.82) is 0 Å². The van der Waals surface area contributed by atoms with Gasteiger partial charge in [-0.2, -0.15) is 13.9 Å². The SMILES string of the molecule is COc1cc(CN(C(=O)C2=NN(C3CCS(=O)(=O)C3)C(=O)CC2)C2CC2)ccc1OC(F)F. The summed E-state index contributed by atoms with van der Waals surface area (Å²) in [5.74, 6) is -0.721. The van der Waals surface area contributed by atoms with Gasteiger partial charge >= 0.3 is 6.61 Å². The van der Waals surface area contributed by atoms with Crippen LogP contribution in [0.2, 0.25) is 0 Å². The summed E-state index contributed by atoms with van der Waals surface area (Å²) < 4.78 is 58.4. The fourth-order valence-corrected chi connectivity index (χ4v) is 5.79. The molecule has 1 unspecified atom stereocenters. The van der Waals surface area contributed by atoms with E-state index in [-0.39, 0.29) is 66.0 Å². The van der Waals surface area contributed by atoms with Gasteiger partial charge in [0.25, 0.3) is 5.91 Å². The third kappa shape index (κ3) is 5.43. The molecule has 9 nitrogen and oxygen atoms in total. The first-order valence-corrected chi connectivity index (χ1v) is 12.5. The van der Waals surface area contributed by atoms with Crippen LogP contribution in [0.5, 0.6) is 11.5 Å². The minimum Gasteiger partial charge on any atom is -0.493 e. The van der Waals surface area contributed by atoms with Gasteiger partial charge in [0.15, 0.2) is 21.3 Å². The highest BCUT2D eigenvalue weighted by molar-refractivity contribution is 7.91. The molecule has 0 N–H and O–H groups in total. The number of hydrogen-bond donors (Lipinski definition) is 0. The average Bonchev–Trinajstić information content (AvgIpc) is 3.54. The molecule has 1 aliphatic carbocycles. The Morgan fingerprint density at radius 2 is 2.00 bits per heavy atom. The Kier molecular flexibility index (Phi) is 6.55. The van der Waals surface area contributed by atoms with Crippen molar-refractivity contribution in [2.24, 2.45) is 5.10 Å². The van der Waals surface area contributed by atoms with E-state index in [1.54, 1.807) is 17.0 Å². The van der Waals surface area contributed by atoms with Gasteiger partial charge in [0.1, 0.15) is 5.71 Å². The zero-order chi connectivity index (χ0) is 23.8. The highest BCUT2D eigenvalue weighted by Crippen LogP contribution is 2.33. The van der Waals surface area contributed by atoms with E-state index in [4.69, 9.17) is 4.74 Å². The van der Waals surface area contributed by atoms with Crippen molar-refractivity contribution < 1.29 is 36.3 Å². The van der Waals surface area contributed by atoms with Gasteiger partial charge in [0.2, 0.25) is 5.91 Å². The summed E-state index contributed by atoms with van der Waals surface area (Å²) in [5.41, 5.74) is 0.885. The molecule has 2 heterocycles. The summed E-state index contributed by atoms with van der Waals surface area (Å²) in [6.45, 7) is -2.78. The summed E-state index contributed by atoms with van der Waals surface area (Å²) in [4.78, 5) is 27.3. The van der Waals surface area contributed by atoms with Crippen molar-refractivity contribution in [3.8, 4) is 11.5 Å². The number of rotatable bonds is 8. The zero-order valence-corrected chi connectivity index (χ0v) is 18.9. The largest absolute Gasteiger partial charge is 0.493 e. The second-order valence-electron chi connectivity index (χ2n) is 8.37. The van der Waals surface area contributed by atoms with Crippen molar-refractivity contribution in [3.05, 3.63) is 23.8 Å². The van der Waals surface area contributed by atoms with E-state index < -0.39 is 22.5 Å². The van der Waals surface area contributed by atoms with E-state index in [9.17, 15) is 26.8 Å². The first-order valence-electron chi connectivity index (χ1n) is 10.7. The molecular weight excluding hydrogens is 460 g/mol. The van der Waals surface area contributed by atoms with Crippen LogP contribution < -0.4 is 9.47 Å². The molecule has 1 aromatic rings. The molecule has 0 spiro atoms. The topological polar surface area (TPSA) is 106 Å². The number of methoxy groups -OCH3 is 1. The lowest BCUT2D eigenvalue weighted by atomic mass is 10.1. The Morgan fingerprint density at radius 1 is 1.24 bits per heavy atom. The summed E-state index contributed by atoms with van der Waals surface area (Å²) in [5, 5.41) is 5.45. The second-order valence-corrected chi connectivity index (χ2v) is 10.6. The molecule has 1 saturated heterocycles. The van der Waals surface area contributed by atoms with E-state index in [0.29, 0.717) is 12.0 Å². The lowest BCUT2D eigenvalue weighted by Gasteiger charge is -2.30. The van der Waals surface area contributed by atoms with Gasteiger partial charge < -0.3 is 14.4 Å². The van der Waals surface area contributed by atoms with Crippen LogP contribution in [0.3, 0.4) is 0 Å². The Morgan fingerprint density at radius 3 is 2.61 bits per heavy atom. The lowest BCUT2D eigenvalue weighted by Crippen LogP contribution is -2.45. The number of amides is 2. The van der Waals surface area contributed by atoms with E-state index in [0.717, 1.165) is 12.8 Å². The van der Waals surface area contributed by atoms with Gasteiger partial charge in [-0.3, -0.25) is 9.59 Å². The van der Waals surface area contributed by atoms with Gasteiger partial charge in [-0.25, -0.2) is 13.4 Å². The predicted octanol–water partition coefficient (Wildman–Crippen LogP) is 1.95. The maximum atomic E-state index is 13.3. The van der Waals surface area contributed by atoms with Crippen molar-refractivity contribution in [1.82, 2.24) is 9.91 Å².